The monoisotopic (exact) mass is 220 g/mol. The highest BCUT2D eigenvalue weighted by atomic mass is 16.2. The zero-order chi connectivity index (χ0) is 12.1. The summed E-state index contributed by atoms with van der Waals surface area (Å²) >= 11 is 0. The van der Waals surface area contributed by atoms with Crippen LogP contribution in [0.3, 0.4) is 0 Å². The summed E-state index contributed by atoms with van der Waals surface area (Å²) in [5, 5.41) is 2.71. The first-order chi connectivity index (χ1) is 7.49. The van der Waals surface area contributed by atoms with E-state index < -0.39 is 11.8 Å². The molecular weight excluding hydrogens is 204 g/mol. The van der Waals surface area contributed by atoms with Gasteiger partial charge in [-0.15, -0.1) is 0 Å². The number of nitrogens with two attached hydrogens (primary N) is 1. The maximum Gasteiger partial charge on any atom is 0.225 e. The topological polar surface area (TPSA) is 72.2 Å². The zero-order valence-electron chi connectivity index (χ0n) is 9.49. The van der Waals surface area contributed by atoms with Crippen molar-refractivity contribution < 1.29 is 9.59 Å². The number of rotatable bonds is 4. The van der Waals surface area contributed by atoms with Gasteiger partial charge < -0.3 is 11.1 Å². The molecule has 1 atom stereocenters. The molecule has 0 aromatic heterocycles. The van der Waals surface area contributed by atoms with Gasteiger partial charge in [0.25, 0.3) is 0 Å². The van der Waals surface area contributed by atoms with Crippen LogP contribution in [-0.2, 0) is 9.59 Å². The van der Waals surface area contributed by atoms with Gasteiger partial charge in [0.2, 0.25) is 11.8 Å². The third kappa shape index (κ3) is 3.73. The average Bonchev–Trinajstić information content (AvgIpc) is 2.21. The normalized spacial score (nSPS) is 11.9. The van der Waals surface area contributed by atoms with Gasteiger partial charge in [0, 0.05) is 18.0 Å². The molecular formula is C12H16N2O2. The largest absolute Gasteiger partial charge is 0.369 e. The van der Waals surface area contributed by atoms with Crippen LogP contribution in [0.4, 0.5) is 5.69 Å². The Balaban J connectivity index is 2.52. The van der Waals surface area contributed by atoms with Gasteiger partial charge >= 0.3 is 0 Å². The van der Waals surface area contributed by atoms with Gasteiger partial charge in [-0.2, -0.15) is 0 Å². The third-order valence-electron chi connectivity index (χ3n) is 2.31. The van der Waals surface area contributed by atoms with Crippen molar-refractivity contribution in [1.29, 1.82) is 0 Å². The lowest BCUT2D eigenvalue weighted by Crippen LogP contribution is -2.25. The number of hydrogen-bond acceptors (Lipinski definition) is 2. The Morgan fingerprint density at radius 2 is 1.88 bits per heavy atom. The number of carbonyl (C=O) groups is 2. The first-order valence-electron chi connectivity index (χ1n) is 5.15. The van der Waals surface area contributed by atoms with Gasteiger partial charge in [0.15, 0.2) is 0 Å². The van der Waals surface area contributed by atoms with Crippen LogP contribution in [0.2, 0.25) is 0 Å². The molecule has 1 rings (SSSR count). The van der Waals surface area contributed by atoms with Gasteiger partial charge in [-0.25, -0.2) is 0 Å². The maximum absolute atomic E-state index is 11.5. The highest BCUT2D eigenvalue weighted by Gasteiger charge is 2.13. The van der Waals surface area contributed by atoms with Crippen molar-refractivity contribution in [2.45, 2.75) is 20.3 Å². The van der Waals surface area contributed by atoms with Crippen LogP contribution >= 0.6 is 0 Å². The lowest BCUT2D eigenvalue weighted by molar-refractivity contribution is -0.125. The van der Waals surface area contributed by atoms with Crippen LogP contribution in [0.1, 0.15) is 18.9 Å². The van der Waals surface area contributed by atoms with Crippen molar-refractivity contribution in [1.82, 2.24) is 0 Å². The minimum absolute atomic E-state index is 0.114. The molecule has 1 unspecified atom stereocenters. The van der Waals surface area contributed by atoms with Crippen LogP contribution in [0.25, 0.3) is 0 Å². The molecule has 0 aliphatic heterocycles. The predicted octanol–water partition coefficient (Wildman–Crippen LogP) is 1.45. The smallest absolute Gasteiger partial charge is 0.225 e. The maximum atomic E-state index is 11.5. The Labute approximate surface area is 94.8 Å². The van der Waals surface area contributed by atoms with Gasteiger partial charge in [-0.3, -0.25) is 9.59 Å². The minimum atomic E-state index is -0.459. The summed E-state index contributed by atoms with van der Waals surface area (Å²) in [4.78, 5) is 22.3. The van der Waals surface area contributed by atoms with Crippen molar-refractivity contribution in [2.75, 3.05) is 5.32 Å². The van der Waals surface area contributed by atoms with Crippen LogP contribution in [0.15, 0.2) is 24.3 Å². The number of carbonyl (C=O) groups excluding carboxylic acids is 2. The van der Waals surface area contributed by atoms with Crippen LogP contribution in [0, 0.1) is 12.8 Å². The molecule has 0 radical (unpaired) electrons. The van der Waals surface area contributed by atoms with E-state index in [9.17, 15) is 9.59 Å². The van der Waals surface area contributed by atoms with Gasteiger partial charge in [-0.1, -0.05) is 24.6 Å². The molecule has 86 valence electrons. The second kappa shape index (κ2) is 5.30. The van der Waals surface area contributed by atoms with E-state index in [1.54, 1.807) is 6.92 Å². The number of anilines is 1. The Morgan fingerprint density at radius 3 is 2.38 bits per heavy atom. The summed E-state index contributed by atoms with van der Waals surface area (Å²) in [7, 11) is 0. The van der Waals surface area contributed by atoms with E-state index in [0.717, 1.165) is 11.3 Å². The molecule has 0 saturated carbocycles. The second-order valence-corrected chi connectivity index (χ2v) is 3.92. The Kier molecular flexibility index (Phi) is 4.05. The number of aryl methyl sites for hydroxylation is 1. The summed E-state index contributed by atoms with van der Waals surface area (Å²) in [5.41, 5.74) is 6.94. The van der Waals surface area contributed by atoms with Crippen LogP contribution in [0.5, 0.6) is 0 Å². The molecule has 16 heavy (non-hydrogen) atoms. The molecule has 0 spiro atoms. The van der Waals surface area contributed by atoms with E-state index in [1.165, 1.54) is 0 Å². The number of primary amides is 1. The molecule has 1 aromatic rings. The molecule has 0 aliphatic rings. The molecule has 3 N–H and O–H groups in total. The molecule has 0 aliphatic carbocycles. The van der Waals surface area contributed by atoms with E-state index >= 15 is 0 Å². The van der Waals surface area contributed by atoms with Gasteiger partial charge in [-0.05, 0) is 19.1 Å². The van der Waals surface area contributed by atoms with E-state index in [-0.39, 0.29) is 12.3 Å². The van der Waals surface area contributed by atoms with Gasteiger partial charge in [0.1, 0.15) is 0 Å². The number of nitrogens with one attached hydrogen (secondary N) is 1. The lowest BCUT2D eigenvalue weighted by Gasteiger charge is -2.08. The summed E-state index contributed by atoms with van der Waals surface area (Å²) in [6.07, 6.45) is 0.114. The fourth-order valence-electron chi connectivity index (χ4n) is 1.23. The minimum Gasteiger partial charge on any atom is -0.369 e. The summed E-state index contributed by atoms with van der Waals surface area (Å²) in [6.45, 7) is 3.61. The molecule has 4 nitrogen and oxygen atoms in total. The molecule has 4 heteroatoms. The standard InChI is InChI=1S/C12H16N2O2/c1-8-3-5-10(6-4-8)14-11(15)7-9(2)12(13)16/h3-6,9H,7H2,1-2H3,(H2,13,16)(H,14,15). The van der Waals surface area contributed by atoms with Gasteiger partial charge in [0.05, 0.1) is 0 Å². The third-order valence-corrected chi connectivity index (χ3v) is 2.31. The summed E-state index contributed by atoms with van der Waals surface area (Å²) < 4.78 is 0. The summed E-state index contributed by atoms with van der Waals surface area (Å²) in [5.74, 6) is -1.10. The Morgan fingerprint density at radius 1 is 1.31 bits per heavy atom. The quantitative estimate of drug-likeness (QED) is 0.806. The molecule has 0 fully saturated rings. The second-order valence-electron chi connectivity index (χ2n) is 3.92. The first-order valence-corrected chi connectivity index (χ1v) is 5.15. The van der Waals surface area contributed by atoms with E-state index in [4.69, 9.17) is 5.73 Å². The lowest BCUT2D eigenvalue weighted by atomic mass is 10.1. The van der Waals surface area contributed by atoms with Crippen LogP contribution < -0.4 is 11.1 Å². The van der Waals surface area contributed by atoms with Crippen molar-refractivity contribution in [2.24, 2.45) is 11.7 Å². The Bertz CT molecular complexity index is 385. The molecule has 1 aromatic carbocycles. The fourth-order valence-corrected chi connectivity index (χ4v) is 1.23. The number of amides is 2. The molecule has 2 amide bonds. The zero-order valence-corrected chi connectivity index (χ0v) is 9.49. The molecule has 0 heterocycles. The first kappa shape index (κ1) is 12.2. The van der Waals surface area contributed by atoms with Crippen molar-refractivity contribution in [3.05, 3.63) is 29.8 Å². The molecule has 0 bridgehead atoms. The van der Waals surface area contributed by atoms with Crippen molar-refractivity contribution in [3.63, 3.8) is 0 Å². The summed E-state index contributed by atoms with van der Waals surface area (Å²) in [6, 6.07) is 7.46. The molecule has 0 saturated heterocycles. The predicted molar refractivity (Wildman–Crippen MR) is 62.8 cm³/mol. The SMILES string of the molecule is Cc1ccc(NC(=O)CC(C)C(N)=O)cc1. The van der Waals surface area contributed by atoms with Crippen molar-refractivity contribution in [3.8, 4) is 0 Å². The highest BCUT2D eigenvalue weighted by Crippen LogP contribution is 2.10. The van der Waals surface area contributed by atoms with E-state index in [1.807, 2.05) is 31.2 Å². The number of hydrogen-bond donors (Lipinski definition) is 2. The highest BCUT2D eigenvalue weighted by molar-refractivity contribution is 5.93. The Hall–Kier alpha value is -1.84. The van der Waals surface area contributed by atoms with Crippen molar-refractivity contribution >= 4 is 17.5 Å². The fraction of sp³-hybridized carbons (Fsp3) is 0.333. The number of benzene rings is 1. The average molecular weight is 220 g/mol. The van der Waals surface area contributed by atoms with Crippen LogP contribution in [-0.4, -0.2) is 11.8 Å². The van der Waals surface area contributed by atoms with E-state index in [0.29, 0.717) is 0 Å². The van der Waals surface area contributed by atoms with E-state index in [2.05, 4.69) is 5.32 Å².